The van der Waals surface area contributed by atoms with Gasteiger partial charge in [0.05, 0.1) is 6.67 Å². The highest BCUT2D eigenvalue weighted by molar-refractivity contribution is 5.15. The number of nitrogens with zero attached hydrogens (tertiary/aromatic N) is 2. The lowest BCUT2D eigenvalue weighted by Gasteiger charge is -2.31. The zero-order chi connectivity index (χ0) is 12.8. The molecule has 2 rings (SSSR count). The molecule has 0 spiro atoms. The maximum absolute atomic E-state index is 12.1. The summed E-state index contributed by atoms with van der Waals surface area (Å²) in [6.45, 7) is 4.61. The van der Waals surface area contributed by atoms with Gasteiger partial charge in [0.2, 0.25) is 5.88 Å². The van der Waals surface area contributed by atoms with Crippen LogP contribution in [0.3, 0.4) is 0 Å². The first-order chi connectivity index (χ1) is 8.78. The Morgan fingerprint density at radius 1 is 1.39 bits per heavy atom. The van der Waals surface area contributed by atoms with Crippen LogP contribution in [0.5, 0.6) is 5.88 Å². The average molecular weight is 252 g/mol. The summed E-state index contributed by atoms with van der Waals surface area (Å²) in [6.07, 6.45) is 2.90. The Hall–Kier alpha value is -1.16. The molecular weight excluding hydrogens is 231 g/mol. The van der Waals surface area contributed by atoms with Gasteiger partial charge in [-0.25, -0.2) is 4.98 Å². The Labute approximate surface area is 108 Å². The number of alkyl halides is 1. The summed E-state index contributed by atoms with van der Waals surface area (Å²) in [6, 6.07) is 5.84. The maximum Gasteiger partial charge on any atom is 0.213 e. The van der Waals surface area contributed by atoms with Gasteiger partial charge in [0.15, 0.2) is 0 Å². The Morgan fingerprint density at radius 3 is 2.83 bits per heavy atom. The third-order valence-electron chi connectivity index (χ3n) is 3.29. The Morgan fingerprint density at radius 2 is 2.17 bits per heavy atom. The first-order valence-corrected chi connectivity index (χ1v) is 6.66. The molecule has 0 amide bonds. The number of aryl methyl sites for hydroxylation is 1. The van der Waals surface area contributed by atoms with Crippen LogP contribution in [-0.4, -0.2) is 42.3 Å². The quantitative estimate of drug-likeness (QED) is 0.805. The van der Waals surface area contributed by atoms with Gasteiger partial charge < -0.3 is 9.64 Å². The van der Waals surface area contributed by atoms with E-state index >= 15 is 0 Å². The van der Waals surface area contributed by atoms with Crippen molar-refractivity contribution >= 4 is 0 Å². The van der Waals surface area contributed by atoms with Crippen molar-refractivity contribution in [1.82, 2.24) is 9.88 Å². The van der Waals surface area contributed by atoms with E-state index in [0.717, 1.165) is 44.0 Å². The van der Waals surface area contributed by atoms with Crippen molar-refractivity contribution < 1.29 is 9.13 Å². The van der Waals surface area contributed by atoms with Gasteiger partial charge in [-0.1, -0.05) is 6.07 Å². The summed E-state index contributed by atoms with van der Waals surface area (Å²) < 4.78 is 18.0. The maximum atomic E-state index is 12.1. The van der Waals surface area contributed by atoms with Crippen LogP contribution < -0.4 is 4.74 Å². The van der Waals surface area contributed by atoms with Crippen LogP contribution in [0.1, 0.15) is 25.0 Å². The Bertz CT molecular complexity index is 365. The molecule has 3 nitrogen and oxygen atoms in total. The monoisotopic (exact) mass is 252 g/mol. The molecule has 0 N–H and O–H groups in total. The molecule has 1 aliphatic heterocycles. The molecule has 0 atom stereocenters. The fourth-order valence-corrected chi connectivity index (χ4v) is 2.29. The van der Waals surface area contributed by atoms with Crippen molar-refractivity contribution in [2.24, 2.45) is 0 Å². The van der Waals surface area contributed by atoms with E-state index in [1.165, 1.54) is 0 Å². The standard InChI is InChI=1S/C14H21FN2O/c1-12-4-2-5-14(16-12)18-13-6-10-17(11-7-13)9-3-8-15/h2,4-5,13H,3,6-11H2,1H3. The highest BCUT2D eigenvalue weighted by Gasteiger charge is 2.20. The normalized spacial score (nSPS) is 17.9. The van der Waals surface area contributed by atoms with Crippen molar-refractivity contribution in [2.45, 2.75) is 32.3 Å². The molecule has 100 valence electrons. The van der Waals surface area contributed by atoms with Gasteiger partial charge in [0.25, 0.3) is 0 Å². The van der Waals surface area contributed by atoms with Crippen molar-refractivity contribution in [1.29, 1.82) is 0 Å². The largest absolute Gasteiger partial charge is 0.474 e. The second-order valence-corrected chi connectivity index (χ2v) is 4.82. The van der Waals surface area contributed by atoms with E-state index in [9.17, 15) is 4.39 Å². The third kappa shape index (κ3) is 3.95. The predicted molar refractivity (Wildman–Crippen MR) is 69.7 cm³/mol. The molecule has 0 aromatic carbocycles. The van der Waals surface area contributed by atoms with Gasteiger partial charge in [-0.3, -0.25) is 4.39 Å². The molecule has 0 aliphatic carbocycles. The third-order valence-corrected chi connectivity index (χ3v) is 3.29. The lowest BCUT2D eigenvalue weighted by Crippen LogP contribution is -2.38. The second kappa shape index (κ2) is 6.69. The summed E-state index contributed by atoms with van der Waals surface area (Å²) in [4.78, 5) is 6.66. The van der Waals surface area contributed by atoms with E-state index in [1.54, 1.807) is 0 Å². The SMILES string of the molecule is Cc1cccc(OC2CCN(CCCF)CC2)n1. The molecule has 18 heavy (non-hydrogen) atoms. The van der Waals surface area contributed by atoms with Gasteiger partial charge in [-0.2, -0.15) is 0 Å². The highest BCUT2D eigenvalue weighted by atomic mass is 19.1. The topological polar surface area (TPSA) is 25.4 Å². The number of halogens is 1. The highest BCUT2D eigenvalue weighted by Crippen LogP contribution is 2.17. The van der Waals surface area contributed by atoms with Crippen molar-refractivity contribution in [3.8, 4) is 5.88 Å². The average Bonchev–Trinajstić information content (AvgIpc) is 2.38. The van der Waals surface area contributed by atoms with Crippen LogP contribution in [0.25, 0.3) is 0 Å². The van der Waals surface area contributed by atoms with Crippen LogP contribution in [0.15, 0.2) is 18.2 Å². The van der Waals surface area contributed by atoms with Gasteiger partial charge in [0, 0.05) is 31.4 Å². The Balaban J connectivity index is 1.76. The van der Waals surface area contributed by atoms with Crippen LogP contribution in [0.4, 0.5) is 4.39 Å². The van der Waals surface area contributed by atoms with Crippen molar-refractivity contribution in [3.05, 3.63) is 23.9 Å². The molecule has 1 aliphatic rings. The molecule has 0 saturated carbocycles. The van der Waals surface area contributed by atoms with E-state index < -0.39 is 0 Å². The van der Waals surface area contributed by atoms with E-state index in [0.29, 0.717) is 6.42 Å². The van der Waals surface area contributed by atoms with Gasteiger partial charge in [0.1, 0.15) is 6.10 Å². The molecule has 1 fully saturated rings. The number of rotatable bonds is 5. The molecule has 0 bridgehead atoms. The van der Waals surface area contributed by atoms with Crippen LogP contribution in [0, 0.1) is 6.92 Å². The number of aromatic nitrogens is 1. The zero-order valence-electron chi connectivity index (χ0n) is 10.9. The number of ether oxygens (including phenoxy) is 1. The van der Waals surface area contributed by atoms with Gasteiger partial charge in [-0.05, 0) is 32.3 Å². The van der Waals surface area contributed by atoms with E-state index in [4.69, 9.17) is 4.74 Å². The summed E-state index contributed by atoms with van der Waals surface area (Å²) in [5, 5.41) is 0. The second-order valence-electron chi connectivity index (χ2n) is 4.82. The number of likely N-dealkylation sites (tertiary alicyclic amines) is 1. The van der Waals surface area contributed by atoms with E-state index in [-0.39, 0.29) is 12.8 Å². The van der Waals surface area contributed by atoms with Gasteiger partial charge in [-0.15, -0.1) is 0 Å². The van der Waals surface area contributed by atoms with Crippen LogP contribution in [-0.2, 0) is 0 Å². The first-order valence-electron chi connectivity index (χ1n) is 6.66. The molecule has 0 unspecified atom stereocenters. The predicted octanol–water partition coefficient (Wildman–Crippen LogP) is 2.59. The zero-order valence-corrected chi connectivity index (χ0v) is 10.9. The van der Waals surface area contributed by atoms with Crippen molar-refractivity contribution in [2.75, 3.05) is 26.3 Å². The fraction of sp³-hybridized carbons (Fsp3) is 0.643. The first kappa shape index (κ1) is 13.3. The van der Waals surface area contributed by atoms with Crippen LogP contribution in [0.2, 0.25) is 0 Å². The van der Waals surface area contributed by atoms with Crippen LogP contribution >= 0.6 is 0 Å². The number of hydrogen-bond donors (Lipinski definition) is 0. The minimum atomic E-state index is -0.219. The van der Waals surface area contributed by atoms with E-state index in [2.05, 4.69) is 9.88 Å². The van der Waals surface area contributed by atoms with E-state index in [1.807, 2.05) is 25.1 Å². The lowest BCUT2D eigenvalue weighted by molar-refractivity contribution is 0.0951. The molecule has 2 heterocycles. The minimum absolute atomic E-state index is 0.219. The summed E-state index contributed by atoms with van der Waals surface area (Å²) in [5.41, 5.74) is 0.980. The summed E-state index contributed by atoms with van der Waals surface area (Å²) >= 11 is 0. The summed E-state index contributed by atoms with van der Waals surface area (Å²) in [7, 11) is 0. The molecule has 1 saturated heterocycles. The van der Waals surface area contributed by atoms with Gasteiger partial charge >= 0.3 is 0 Å². The number of pyridine rings is 1. The van der Waals surface area contributed by atoms with Crippen molar-refractivity contribution in [3.63, 3.8) is 0 Å². The Kier molecular flexibility index (Phi) is 4.93. The molecule has 0 radical (unpaired) electrons. The number of piperidine rings is 1. The summed E-state index contributed by atoms with van der Waals surface area (Å²) in [5.74, 6) is 0.720. The molecular formula is C14H21FN2O. The fourth-order valence-electron chi connectivity index (χ4n) is 2.29. The molecule has 1 aromatic heterocycles. The molecule has 4 heteroatoms. The number of hydrogen-bond acceptors (Lipinski definition) is 3. The smallest absolute Gasteiger partial charge is 0.213 e. The molecule has 1 aromatic rings. The minimum Gasteiger partial charge on any atom is -0.474 e. The lowest BCUT2D eigenvalue weighted by atomic mass is 10.1.